The first kappa shape index (κ1) is 28.7. The lowest BCUT2D eigenvalue weighted by Gasteiger charge is -2.23. The minimum atomic E-state index is -1.35. The smallest absolute Gasteiger partial charge is 0.348 e. The number of esters is 1. The molecule has 0 spiro atoms. The number of aliphatic hydroxyl groups excluding tert-OH is 4. The number of aliphatic hydroxyl groups is 4. The molecule has 6 nitrogen and oxygen atoms in total. The van der Waals surface area contributed by atoms with Gasteiger partial charge in [-0.2, -0.15) is 0 Å². The van der Waals surface area contributed by atoms with Gasteiger partial charge in [0.25, 0.3) is 0 Å². The van der Waals surface area contributed by atoms with E-state index in [1.165, 1.54) is 11.3 Å². The molecule has 0 saturated heterocycles. The lowest BCUT2D eigenvalue weighted by Crippen LogP contribution is -2.34. The highest BCUT2D eigenvalue weighted by Gasteiger charge is 2.40. The van der Waals surface area contributed by atoms with Crippen LogP contribution < -0.4 is 0 Å². The molecule has 10 heteroatoms. The van der Waals surface area contributed by atoms with Gasteiger partial charge >= 0.3 is 5.97 Å². The van der Waals surface area contributed by atoms with Crippen LogP contribution in [0.3, 0.4) is 0 Å². The first-order chi connectivity index (χ1) is 16.7. The van der Waals surface area contributed by atoms with Crippen LogP contribution in [0, 0.1) is 11.8 Å². The van der Waals surface area contributed by atoms with Crippen LogP contribution in [0.5, 0.6) is 0 Å². The van der Waals surface area contributed by atoms with Gasteiger partial charge in [-0.1, -0.05) is 23.2 Å². The number of halogens is 3. The summed E-state index contributed by atoms with van der Waals surface area (Å²) in [7, 11) is 0. The zero-order chi connectivity index (χ0) is 25.5. The van der Waals surface area contributed by atoms with E-state index in [0.29, 0.717) is 21.3 Å². The minimum absolute atomic E-state index is 0.0764. The molecule has 1 aromatic heterocycles. The number of carbonyl (C=O) groups excluding carboxylic acids is 1. The van der Waals surface area contributed by atoms with Crippen molar-refractivity contribution in [3.8, 4) is 0 Å². The zero-order valence-electron chi connectivity index (χ0n) is 19.2. The van der Waals surface area contributed by atoms with Gasteiger partial charge in [-0.15, -0.1) is 22.9 Å². The van der Waals surface area contributed by atoms with E-state index in [1.54, 1.807) is 12.1 Å². The van der Waals surface area contributed by atoms with E-state index in [0.717, 1.165) is 42.5 Å². The SMILES string of the molecule is O=C(OC[C@H](O)[C@@H](O)CO)c1ccc(CCC[C@@H]2[C@@H](CCc3cc(Cl)cc(Cl)c3)[C@H](O)C[C@@H]2Cl)s1. The number of benzene rings is 1. The van der Waals surface area contributed by atoms with Gasteiger partial charge in [-0.3, -0.25) is 0 Å². The number of hydrogen-bond donors (Lipinski definition) is 4. The van der Waals surface area contributed by atoms with Gasteiger partial charge < -0.3 is 25.2 Å². The highest BCUT2D eigenvalue weighted by Crippen LogP contribution is 2.42. The van der Waals surface area contributed by atoms with Gasteiger partial charge in [-0.05, 0) is 86.3 Å². The third-order valence-electron chi connectivity index (χ3n) is 6.50. The maximum Gasteiger partial charge on any atom is 0.348 e. The van der Waals surface area contributed by atoms with Crippen molar-refractivity contribution in [2.24, 2.45) is 11.8 Å². The molecule has 0 radical (unpaired) electrons. The highest BCUT2D eigenvalue weighted by atomic mass is 35.5. The third-order valence-corrected chi connectivity index (χ3v) is 8.57. The first-order valence-corrected chi connectivity index (χ1v) is 13.7. The molecule has 1 aliphatic rings. The highest BCUT2D eigenvalue weighted by molar-refractivity contribution is 7.13. The molecule has 1 aromatic carbocycles. The number of thiophene rings is 1. The molecule has 1 saturated carbocycles. The van der Waals surface area contributed by atoms with Crippen molar-refractivity contribution < 1.29 is 30.0 Å². The van der Waals surface area contributed by atoms with Gasteiger partial charge in [0.15, 0.2) is 0 Å². The summed E-state index contributed by atoms with van der Waals surface area (Å²) in [6, 6.07) is 9.06. The maximum atomic E-state index is 12.2. The lowest BCUT2D eigenvalue weighted by molar-refractivity contribution is -0.0466. The van der Waals surface area contributed by atoms with Crippen LogP contribution in [0.2, 0.25) is 10.0 Å². The summed E-state index contributed by atoms with van der Waals surface area (Å²) in [6.45, 7) is -1.00. The van der Waals surface area contributed by atoms with Gasteiger partial charge in [-0.25, -0.2) is 4.79 Å². The topological polar surface area (TPSA) is 107 Å². The lowest BCUT2D eigenvalue weighted by atomic mass is 9.85. The summed E-state index contributed by atoms with van der Waals surface area (Å²) in [4.78, 5) is 13.6. The van der Waals surface area contributed by atoms with Crippen molar-refractivity contribution in [1.29, 1.82) is 0 Å². The van der Waals surface area contributed by atoms with E-state index in [4.69, 9.17) is 44.6 Å². The summed E-state index contributed by atoms with van der Waals surface area (Å²) < 4.78 is 5.02. The fourth-order valence-electron chi connectivity index (χ4n) is 4.62. The van der Waals surface area contributed by atoms with Crippen molar-refractivity contribution >= 4 is 52.1 Å². The molecule has 4 N–H and O–H groups in total. The van der Waals surface area contributed by atoms with Gasteiger partial charge in [0, 0.05) is 20.3 Å². The summed E-state index contributed by atoms with van der Waals surface area (Å²) >= 11 is 20.2. The molecule has 1 fully saturated rings. The second kappa shape index (κ2) is 13.6. The molecular weight excluding hydrogens is 535 g/mol. The predicted molar refractivity (Wildman–Crippen MR) is 139 cm³/mol. The maximum absolute atomic E-state index is 12.2. The minimum Gasteiger partial charge on any atom is -0.459 e. The zero-order valence-corrected chi connectivity index (χ0v) is 22.2. The molecule has 2 aromatic rings. The Morgan fingerprint density at radius 3 is 2.46 bits per heavy atom. The molecule has 0 bridgehead atoms. The Balaban J connectivity index is 1.48. The Hall–Kier alpha value is -0.900. The number of rotatable bonds is 12. The average Bonchev–Trinajstić information content (AvgIpc) is 3.38. The standard InChI is InChI=1S/C25H31Cl3O6S/c26-15-8-14(9-16(27)10-15)4-6-19-18(20(28)11-21(19)30)3-1-2-17-5-7-24(35-17)25(33)34-13-23(32)22(31)12-29/h5,7-10,18-23,29-32H,1-4,6,11-13H2/t18-,19-,20+,21-,22+,23+/m1/s1. The number of hydrogen-bond acceptors (Lipinski definition) is 7. The summed E-state index contributed by atoms with van der Waals surface area (Å²) in [5.74, 6) is -0.277. The van der Waals surface area contributed by atoms with Crippen molar-refractivity contribution in [3.63, 3.8) is 0 Å². The molecule has 35 heavy (non-hydrogen) atoms. The van der Waals surface area contributed by atoms with Crippen LogP contribution in [-0.4, -0.2) is 63.3 Å². The van der Waals surface area contributed by atoms with E-state index in [1.807, 2.05) is 18.2 Å². The van der Waals surface area contributed by atoms with E-state index >= 15 is 0 Å². The summed E-state index contributed by atoms with van der Waals surface area (Å²) in [5.41, 5.74) is 1.04. The molecule has 194 valence electrons. The van der Waals surface area contributed by atoms with E-state index in [-0.39, 0.29) is 17.2 Å². The Morgan fingerprint density at radius 1 is 1.06 bits per heavy atom. The fourth-order valence-corrected chi connectivity index (χ4v) is 6.63. The van der Waals surface area contributed by atoms with Crippen LogP contribution in [-0.2, 0) is 17.6 Å². The number of ether oxygens (including phenoxy) is 1. The number of carbonyl (C=O) groups is 1. The van der Waals surface area contributed by atoms with Crippen LogP contribution in [0.1, 0.15) is 45.8 Å². The van der Waals surface area contributed by atoms with E-state index in [9.17, 15) is 20.1 Å². The predicted octanol–water partition coefficient (Wildman–Crippen LogP) is 4.49. The second-order valence-electron chi connectivity index (χ2n) is 9.04. The molecule has 0 amide bonds. The molecule has 0 aliphatic heterocycles. The Kier molecular flexibility index (Phi) is 11.1. The van der Waals surface area contributed by atoms with Gasteiger partial charge in [0.2, 0.25) is 0 Å². The molecule has 1 aliphatic carbocycles. The Morgan fingerprint density at radius 2 is 1.77 bits per heavy atom. The molecule has 0 unspecified atom stereocenters. The van der Waals surface area contributed by atoms with E-state index < -0.39 is 37.5 Å². The van der Waals surface area contributed by atoms with Crippen molar-refractivity contribution in [2.45, 2.75) is 62.2 Å². The van der Waals surface area contributed by atoms with Gasteiger partial charge in [0.1, 0.15) is 23.7 Å². The number of aryl methyl sites for hydroxylation is 2. The summed E-state index contributed by atoms with van der Waals surface area (Å²) in [5, 5.41) is 39.5. The second-order valence-corrected chi connectivity index (χ2v) is 11.6. The summed E-state index contributed by atoms with van der Waals surface area (Å²) in [6.07, 6.45) is 1.55. The molecule has 1 heterocycles. The van der Waals surface area contributed by atoms with Crippen LogP contribution in [0.4, 0.5) is 0 Å². The normalized spacial score (nSPS) is 23.9. The Labute approximate surface area is 224 Å². The van der Waals surface area contributed by atoms with Crippen LogP contribution >= 0.6 is 46.1 Å². The molecule has 6 atom stereocenters. The van der Waals surface area contributed by atoms with Crippen molar-refractivity contribution in [2.75, 3.05) is 13.2 Å². The monoisotopic (exact) mass is 564 g/mol. The molecule has 3 rings (SSSR count). The van der Waals surface area contributed by atoms with Crippen LogP contribution in [0.25, 0.3) is 0 Å². The largest absolute Gasteiger partial charge is 0.459 e. The third kappa shape index (κ3) is 8.30. The van der Waals surface area contributed by atoms with Crippen LogP contribution in [0.15, 0.2) is 30.3 Å². The molecular formula is C25H31Cl3O6S. The quantitative estimate of drug-likeness (QED) is 0.223. The van der Waals surface area contributed by atoms with Crippen molar-refractivity contribution in [1.82, 2.24) is 0 Å². The fraction of sp³-hybridized carbons (Fsp3) is 0.560. The first-order valence-electron chi connectivity index (χ1n) is 11.7. The Bertz CT molecular complexity index is 950. The number of alkyl halides is 1. The van der Waals surface area contributed by atoms with Crippen molar-refractivity contribution in [3.05, 3.63) is 55.7 Å². The van der Waals surface area contributed by atoms with E-state index in [2.05, 4.69) is 0 Å². The average molecular weight is 566 g/mol. The van der Waals surface area contributed by atoms with Gasteiger partial charge in [0.05, 0.1) is 12.7 Å².